The van der Waals surface area contributed by atoms with Crippen molar-refractivity contribution in [3.05, 3.63) is 29.6 Å². The van der Waals surface area contributed by atoms with Crippen molar-refractivity contribution in [1.29, 1.82) is 0 Å². The number of nitrogens with one attached hydrogen (secondary N) is 2. The molecule has 4 rings (SSSR count). The average Bonchev–Trinajstić information content (AvgIpc) is 3.33. The number of halogens is 1. The smallest absolute Gasteiger partial charge is 0.224 e. The van der Waals surface area contributed by atoms with E-state index in [9.17, 15) is 4.39 Å². The van der Waals surface area contributed by atoms with Crippen LogP contribution in [0.5, 0.6) is 0 Å². The number of piperidine rings is 1. The van der Waals surface area contributed by atoms with E-state index in [0.717, 1.165) is 69.1 Å². The minimum absolute atomic E-state index is 0.159. The fourth-order valence-corrected chi connectivity index (χ4v) is 4.26. The highest BCUT2D eigenvalue weighted by molar-refractivity contribution is 5.80. The van der Waals surface area contributed by atoms with E-state index in [1.807, 2.05) is 11.1 Å². The van der Waals surface area contributed by atoms with Gasteiger partial charge in [-0.25, -0.2) is 14.8 Å². The zero-order valence-corrected chi connectivity index (χ0v) is 16.7. The molecule has 0 spiro atoms. The Morgan fingerprint density at radius 3 is 2.89 bits per heavy atom. The highest BCUT2D eigenvalue weighted by atomic mass is 19.1. The van der Waals surface area contributed by atoms with Gasteiger partial charge in [-0.05, 0) is 56.5 Å². The maximum absolute atomic E-state index is 13.8. The number of rotatable bonds is 7. The zero-order chi connectivity index (χ0) is 19.5. The number of hydrogen-bond acceptors (Lipinski definition) is 7. The fraction of sp³-hybridized carbons (Fsp3) is 0.650. The Morgan fingerprint density at radius 2 is 2.14 bits per heavy atom. The Labute approximate surface area is 165 Å². The first-order valence-corrected chi connectivity index (χ1v) is 10.3. The zero-order valence-electron chi connectivity index (χ0n) is 16.7. The molecule has 1 aromatic rings. The van der Waals surface area contributed by atoms with E-state index < -0.39 is 0 Å². The molecule has 0 radical (unpaired) electrons. The predicted molar refractivity (Wildman–Crippen MR) is 106 cm³/mol. The summed E-state index contributed by atoms with van der Waals surface area (Å²) in [6, 6.07) is 5.09. The Bertz CT molecular complexity index is 708. The number of methoxy groups -OCH3 is 1. The summed E-state index contributed by atoms with van der Waals surface area (Å²) >= 11 is 0. The molecule has 0 amide bonds. The fourth-order valence-electron chi connectivity index (χ4n) is 4.26. The first-order valence-electron chi connectivity index (χ1n) is 10.3. The third-order valence-electron chi connectivity index (χ3n) is 5.85. The highest BCUT2D eigenvalue weighted by Crippen LogP contribution is 2.36. The lowest BCUT2D eigenvalue weighted by Crippen LogP contribution is -2.47. The molecule has 0 bridgehead atoms. The minimum atomic E-state index is -0.383. The molecule has 3 heterocycles. The lowest BCUT2D eigenvalue weighted by atomic mass is 9.96. The Balaban J connectivity index is 1.38. The summed E-state index contributed by atoms with van der Waals surface area (Å²) in [5, 5.41) is 1.89. The van der Waals surface area contributed by atoms with Crippen LogP contribution in [-0.2, 0) is 9.57 Å². The average molecular weight is 391 g/mol. The van der Waals surface area contributed by atoms with Crippen molar-refractivity contribution >= 4 is 11.6 Å². The number of benzene rings is 1. The first-order chi connectivity index (χ1) is 13.7. The summed E-state index contributed by atoms with van der Waals surface area (Å²) in [6.45, 7) is 6.10. The van der Waals surface area contributed by atoms with Gasteiger partial charge in [0.15, 0.2) is 0 Å². The standard InChI is InChI=1S/C20H30FN5O2/c1-3-17-16-6-5-15(21)13-18(16)26(23-17)20-22-19(28-24-20)14-7-10-25(11-8-14)9-4-12-27-2/h5-6,13-14,17,20,23-24H,3-4,7-12H2,1-2H3. The summed E-state index contributed by atoms with van der Waals surface area (Å²) in [5.41, 5.74) is 8.36. The van der Waals surface area contributed by atoms with Crippen molar-refractivity contribution in [3.8, 4) is 0 Å². The third kappa shape index (κ3) is 4.00. The molecule has 0 saturated carbocycles. The largest absolute Gasteiger partial charge is 0.389 e. The number of aliphatic imine (C=N–C) groups is 1. The number of fused-ring (bicyclic) bond motifs is 1. The molecule has 1 saturated heterocycles. The minimum Gasteiger partial charge on any atom is -0.389 e. The number of hydrogen-bond donors (Lipinski definition) is 2. The first kappa shape index (κ1) is 19.6. The lowest BCUT2D eigenvalue weighted by Gasteiger charge is -2.30. The molecule has 8 heteroatoms. The van der Waals surface area contributed by atoms with Crippen molar-refractivity contribution in [1.82, 2.24) is 15.8 Å². The molecule has 2 N–H and O–H groups in total. The molecule has 0 aliphatic carbocycles. The lowest BCUT2D eigenvalue weighted by molar-refractivity contribution is 0.135. The van der Waals surface area contributed by atoms with Gasteiger partial charge in [0.25, 0.3) is 0 Å². The maximum Gasteiger partial charge on any atom is 0.224 e. The second-order valence-electron chi connectivity index (χ2n) is 7.69. The van der Waals surface area contributed by atoms with Crippen LogP contribution in [0.4, 0.5) is 10.1 Å². The molecule has 0 aromatic heterocycles. The van der Waals surface area contributed by atoms with Crippen LogP contribution in [0, 0.1) is 11.7 Å². The topological polar surface area (TPSA) is 61.4 Å². The summed E-state index contributed by atoms with van der Waals surface area (Å²) in [4.78, 5) is 13.0. The van der Waals surface area contributed by atoms with Crippen molar-refractivity contribution in [2.24, 2.45) is 10.9 Å². The Morgan fingerprint density at radius 1 is 1.32 bits per heavy atom. The highest BCUT2D eigenvalue weighted by Gasteiger charge is 2.37. The number of nitrogens with zero attached hydrogens (tertiary/aromatic N) is 3. The van der Waals surface area contributed by atoms with E-state index >= 15 is 0 Å². The molecule has 3 aliphatic heterocycles. The molecule has 2 atom stereocenters. The molecule has 1 fully saturated rings. The van der Waals surface area contributed by atoms with Gasteiger partial charge in [-0.3, -0.25) is 5.01 Å². The molecule has 7 nitrogen and oxygen atoms in total. The van der Waals surface area contributed by atoms with Crippen LogP contribution in [0.25, 0.3) is 0 Å². The van der Waals surface area contributed by atoms with E-state index in [1.54, 1.807) is 13.2 Å². The van der Waals surface area contributed by atoms with Crippen molar-refractivity contribution in [3.63, 3.8) is 0 Å². The van der Waals surface area contributed by atoms with Gasteiger partial charge < -0.3 is 14.5 Å². The third-order valence-corrected chi connectivity index (χ3v) is 5.85. The van der Waals surface area contributed by atoms with Crippen LogP contribution in [-0.4, -0.2) is 50.4 Å². The monoisotopic (exact) mass is 391 g/mol. The number of hydroxylamine groups is 1. The molecule has 154 valence electrons. The van der Waals surface area contributed by atoms with Gasteiger partial charge in [-0.1, -0.05) is 13.0 Å². The molecular weight excluding hydrogens is 361 g/mol. The van der Waals surface area contributed by atoms with Crippen molar-refractivity contribution in [2.75, 3.05) is 38.4 Å². The van der Waals surface area contributed by atoms with Crippen LogP contribution >= 0.6 is 0 Å². The van der Waals surface area contributed by atoms with Gasteiger partial charge in [0.1, 0.15) is 5.82 Å². The van der Waals surface area contributed by atoms with Crippen molar-refractivity contribution < 1.29 is 14.0 Å². The predicted octanol–water partition coefficient (Wildman–Crippen LogP) is 2.57. The molecule has 2 unspecified atom stereocenters. The van der Waals surface area contributed by atoms with E-state index in [0.29, 0.717) is 5.92 Å². The van der Waals surface area contributed by atoms with E-state index in [2.05, 4.69) is 22.7 Å². The summed E-state index contributed by atoms with van der Waals surface area (Å²) in [5.74, 6) is 0.847. The Kier molecular flexibility index (Phi) is 6.10. The molecule has 3 aliphatic rings. The number of hydrazine groups is 1. The summed E-state index contributed by atoms with van der Waals surface area (Å²) < 4.78 is 18.9. The van der Waals surface area contributed by atoms with Gasteiger partial charge in [-0.15, -0.1) is 5.48 Å². The van der Waals surface area contributed by atoms with Gasteiger partial charge in [-0.2, -0.15) is 0 Å². The van der Waals surface area contributed by atoms with Crippen LogP contribution in [0.2, 0.25) is 0 Å². The quantitative estimate of drug-likeness (QED) is 0.697. The second-order valence-corrected chi connectivity index (χ2v) is 7.69. The SMILES string of the molecule is CCC1NN(C2N=C(C3CCN(CCCOC)CC3)ON2)c2cc(F)ccc21. The normalized spacial score (nSPS) is 25.7. The number of ether oxygens (including phenoxy) is 1. The van der Waals surface area contributed by atoms with Crippen molar-refractivity contribution in [2.45, 2.75) is 44.9 Å². The van der Waals surface area contributed by atoms with Crippen LogP contribution in [0.3, 0.4) is 0 Å². The number of likely N-dealkylation sites (tertiary alicyclic amines) is 1. The van der Waals surface area contributed by atoms with Gasteiger partial charge in [0, 0.05) is 26.2 Å². The van der Waals surface area contributed by atoms with Crippen LogP contribution in [0.1, 0.15) is 44.2 Å². The summed E-state index contributed by atoms with van der Waals surface area (Å²) in [7, 11) is 1.75. The van der Waals surface area contributed by atoms with E-state index in [4.69, 9.17) is 14.6 Å². The van der Waals surface area contributed by atoms with E-state index in [-0.39, 0.29) is 18.1 Å². The summed E-state index contributed by atoms with van der Waals surface area (Å²) in [6.07, 6.45) is 3.68. The van der Waals surface area contributed by atoms with Gasteiger partial charge in [0.2, 0.25) is 12.2 Å². The second kappa shape index (κ2) is 8.73. The van der Waals surface area contributed by atoms with Crippen LogP contribution in [0.15, 0.2) is 23.2 Å². The number of anilines is 1. The van der Waals surface area contributed by atoms with E-state index in [1.165, 1.54) is 6.07 Å². The van der Waals surface area contributed by atoms with Gasteiger partial charge >= 0.3 is 0 Å². The molecule has 1 aromatic carbocycles. The molecule has 28 heavy (non-hydrogen) atoms. The van der Waals surface area contributed by atoms with Gasteiger partial charge in [0.05, 0.1) is 11.7 Å². The maximum atomic E-state index is 13.8. The van der Waals surface area contributed by atoms with Crippen LogP contribution < -0.4 is 15.9 Å². The Hall–Kier alpha value is -1.74. The molecular formula is C20H30FN5O2.